The van der Waals surface area contributed by atoms with E-state index < -0.39 is 24.0 Å². The molecule has 1 aliphatic rings. The summed E-state index contributed by atoms with van der Waals surface area (Å²) in [4.78, 5) is 13.0. The van der Waals surface area contributed by atoms with Crippen LogP contribution in [0, 0.1) is 0 Å². The molecule has 4 nitrogen and oxygen atoms in total. The Labute approximate surface area is 104 Å². The average molecular weight is 268 g/mol. The fourth-order valence-corrected chi connectivity index (χ4v) is 1.82. The van der Waals surface area contributed by atoms with E-state index in [-0.39, 0.29) is 6.54 Å². The van der Waals surface area contributed by atoms with Gasteiger partial charge in [0.1, 0.15) is 5.60 Å². The van der Waals surface area contributed by atoms with Crippen molar-refractivity contribution >= 4 is 6.09 Å². The Morgan fingerprint density at radius 2 is 1.94 bits per heavy atom. The fraction of sp³-hybridized carbons (Fsp3) is 0.909. The summed E-state index contributed by atoms with van der Waals surface area (Å²) in [5.74, 6) is 0. The molecule has 1 saturated heterocycles. The van der Waals surface area contributed by atoms with Crippen molar-refractivity contribution in [2.75, 3.05) is 13.1 Å². The van der Waals surface area contributed by atoms with Gasteiger partial charge in [0.15, 0.2) is 0 Å². The third-order valence-electron chi connectivity index (χ3n) is 2.44. The number of carbonyl (C=O) groups is 1. The van der Waals surface area contributed by atoms with Gasteiger partial charge < -0.3 is 9.64 Å². The van der Waals surface area contributed by atoms with Gasteiger partial charge in [-0.05, 0) is 33.6 Å². The smallest absolute Gasteiger partial charge is 0.444 e. The van der Waals surface area contributed by atoms with Crippen molar-refractivity contribution in [3.63, 3.8) is 0 Å². The highest BCUT2D eigenvalue weighted by molar-refractivity contribution is 5.68. The van der Waals surface area contributed by atoms with Crippen LogP contribution in [0.2, 0.25) is 0 Å². The van der Waals surface area contributed by atoms with E-state index in [0.717, 1.165) is 0 Å². The Hall–Kier alpha value is -0.980. The minimum atomic E-state index is -4.42. The number of piperidine rings is 1. The lowest BCUT2D eigenvalue weighted by molar-refractivity contribution is -0.166. The third-order valence-corrected chi connectivity index (χ3v) is 2.44. The van der Waals surface area contributed by atoms with Gasteiger partial charge in [-0.25, -0.2) is 10.1 Å². The number of nitrogens with zero attached hydrogens (tertiary/aromatic N) is 1. The van der Waals surface area contributed by atoms with Gasteiger partial charge in [0.25, 0.3) is 0 Å². The van der Waals surface area contributed by atoms with Gasteiger partial charge in [0.2, 0.25) is 0 Å². The van der Waals surface area contributed by atoms with Gasteiger partial charge in [0, 0.05) is 19.1 Å². The van der Waals surface area contributed by atoms with Crippen LogP contribution >= 0.6 is 0 Å². The number of hydrogen-bond acceptors (Lipinski definition) is 3. The molecule has 0 bridgehead atoms. The molecule has 0 saturated carbocycles. The third kappa shape index (κ3) is 5.57. The number of halogens is 3. The minimum Gasteiger partial charge on any atom is -0.444 e. The van der Waals surface area contributed by atoms with Crippen LogP contribution in [0.1, 0.15) is 33.6 Å². The fourth-order valence-electron chi connectivity index (χ4n) is 1.82. The summed E-state index contributed by atoms with van der Waals surface area (Å²) in [6, 6.07) is -0.758. The van der Waals surface area contributed by atoms with Crippen molar-refractivity contribution in [1.82, 2.24) is 10.2 Å². The van der Waals surface area contributed by atoms with Gasteiger partial charge in [-0.15, -0.1) is 0 Å². The highest BCUT2D eigenvalue weighted by atomic mass is 19.4. The summed E-state index contributed by atoms with van der Waals surface area (Å²) >= 11 is 0. The summed E-state index contributed by atoms with van der Waals surface area (Å²) in [7, 11) is 0. The van der Waals surface area contributed by atoms with Crippen LogP contribution in [0.4, 0.5) is 18.0 Å². The number of carbonyl (C=O) groups excluding carboxylic acids is 1. The number of rotatable bonds is 1. The molecule has 1 rings (SSSR count). The Kier molecular flexibility index (Phi) is 4.47. The first-order valence-corrected chi connectivity index (χ1v) is 5.89. The van der Waals surface area contributed by atoms with Crippen molar-refractivity contribution in [3.8, 4) is 0 Å². The maximum Gasteiger partial charge on any atom is 0.457 e. The molecule has 0 unspecified atom stereocenters. The van der Waals surface area contributed by atoms with Crippen molar-refractivity contribution in [1.29, 1.82) is 0 Å². The SMILES string of the molecule is CC(C)(C)OC(=O)N1CCC[C@@H](NC(F)(F)F)C1. The monoisotopic (exact) mass is 268 g/mol. The van der Waals surface area contributed by atoms with Crippen LogP contribution in [0.15, 0.2) is 0 Å². The first kappa shape index (κ1) is 15.1. The molecule has 1 heterocycles. The Morgan fingerprint density at radius 1 is 1.33 bits per heavy atom. The first-order valence-electron chi connectivity index (χ1n) is 5.89. The van der Waals surface area contributed by atoms with Crippen LogP contribution in [-0.4, -0.2) is 42.0 Å². The average Bonchev–Trinajstić information content (AvgIpc) is 2.12. The predicted octanol–water partition coefficient (Wildman–Crippen LogP) is 2.50. The van der Waals surface area contributed by atoms with E-state index in [1.165, 1.54) is 4.90 Å². The van der Waals surface area contributed by atoms with Crippen molar-refractivity contribution in [3.05, 3.63) is 0 Å². The molecule has 1 fully saturated rings. The summed E-state index contributed by atoms with van der Waals surface area (Å²) in [6.45, 7) is 5.63. The summed E-state index contributed by atoms with van der Waals surface area (Å²) in [6.07, 6.45) is -4.04. The maximum atomic E-state index is 12.2. The Bertz CT molecular complexity index is 300. The summed E-state index contributed by atoms with van der Waals surface area (Å²) in [5.41, 5.74) is -0.637. The minimum absolute atomic E-state index is 0.0222. The van der Waals surface area contributed by atoms with E-state index in [4.69, 9.17) is 4.74 Å². The molecular formula is C11H19F3N2O2. The topological polar surface area (TPSA) is 41.6 Å². The molecule has 106 valence electrons. The zero-order valence-corrected chi connectivity index (χ0v) is 10.8. The van der Waals surface area contributed by atoms with Gasteiger partial charge in [-0.3, -0.25) is 0 Å². The zero-order chi connectivity index (χ0) is 14.0. The van der Waals surface area contributed by atoms with Crippen LogP contribution in [0.3, 0.4) is 0 Å². The van der Waals surface area contributed by atoms with Gasteiger partial charge >= 0.3 is 12.4 Å². The standard InChI is InChI=1S/C11H19F3N2O2/c1-10(2,3)18-9(17)16-6-4-5-8(7-16)15-11(12,13)14/h8,15H,4-7H2,1-3H3/t8-/m1/s1. The van der Waals surface area contributed by atoms with E-state index in [2.05, 4.69) is 0 Å². The number of likely N-dealkylation sites (tertiary alicyclic amines) is 1. The highest BCUT2D eigenvalue weighted by Gasteiger charge is 2.35. The maximum absolute atomic E-state index is 12.2. The van der Waals surface area contributed by atoms with E-state index >= 15 is 0 Å². The molecule has 0 radical (unpaired) electrons. The quantitative estimate of drug-likeness (QED) is 0.743. The molecule has 0 aromatic rings. The van der Waals surface area contributed by atoms with Crippen molar-refractivity contribution in [2.45, 2.75) is 51.6 Å². The van der Waals surface area contributed by atoms with E-state index in [9.17, 15) is 18.0 Å². The molecule has 1 amide bonds. The van der Waals surface area contributed by atoms with Crippen LogP contribution in [0.25, 0.3) is 0 Å². The molecule has 7 heteroatoms. The second-order valence-corrected chi connectivity index (χ2v) is 5.41. The van der Waals surface area contributed by atoms with Gasteiger partial charge in [-0.1, -0.05) is 0 Å². The highest BCUT2D eigenvalue weighted by Crippen LogP contribution is 2.19. The largest absolute Gasteiger partial charge is 0.457 e. The second-order valence-electron chi connectivity index (χ2n) is 5.41. The second kappa shape index (κ2) is 5.34. The summed E-state index contributed by atoms with van der Waals surface area (Å²) in [5, 5.41) is 1.56. The zero-order valence-electron chi connectivity index (χ0n) is 10.8. The lowest BCUT2D eigenvalue weighted by atomic mass is 10.1. The number of alkyl halides is 3. The molecule has 1 atom stereocenters. The molecule has 1 aliphatic heterocycles. The summed E-state index contributed by atoms with van der Waals surface area (Å²) < 4.78 is 41.7. The number of nitrogens with one attached hydrogen (secondary N) is 1. The van der Waals surface area contributed by atoms with Crippen molar-refractivity contribution in [2.24, 2.45) is 0 Å². The Morgan fingerprint density at radius 3 is 2.44 bits per heavy atom. The lowest BCUT2D eigenvalue weighted by Gasteiger charge is -2.34. The molecule has 0 spiro atoms. The van der Waals surface area contributed by atoms with Crippen molar-refractivity contribution < 1.29 is 22.7 Å². The normalized spacial score (nSPS) is 21.9. The molecule has 0 aliphatic carbocycles. The van der Waals surface area contributed by atoms with E-state index in [1.54, 1.807) is 26.1 Å². The molecular weight excluding hydrogens is 249 g/mol. The molecule has 18 heavy (non-hydrogen) atoms. The van der Waals surface area contributed by atoms with Gasteiger partial charge in [0.05, 0.1) is 0 Å². The molecule has 0 aromatic heterocycles. The van der Waals surface area contributed by atoms with Gasteiger partial charge in [-0.2, -0.15) is 13.2 Å². The Balaban J connectivity index is 2.51. The van der Waals surface area contributed by atoms with Crippen LogP contribution in [0.5, 0.6) is 0 Å². The number of ether oxygens (including phenoxy) is 1. The van der Waals surface area contributed by atoms with Crippen LogP contribution in [-0.2, 0) is 4.74 Å². The molecule has 1 N–H and O–H groups in total. The molecule has 0 aromatic carbocycles. The number of amides is 1. The van der Waals surface area contributed by atoms with Crippen LogP contribution < -0.4 is 5.32 Å². The van der Waals surface area contributed by atoms with E-state index in [0.29, 0.717) is 19.4 Å². The number of hydrogen-bond donors (Lipinski definition) is 1. The predicted molar refractivity (Wildman–Crippen MR) is 60.0 cm³/mol. The lowest BCUT2D eigenvalue weighted by Crippen LogP contribution is -2.52. The van der Waals surface area contributed by atoms with E-state index in [1.807, 2.05) is 0 Å². The first-order chi connectivity index (χ1) is 8.07.